The molecular formula is C27H29NO6S. The predicted octanol–water partition coefficient (Wildman–Crippen LogP) is 3.10. The van der Waals surface area contributed by atoms with Crippen LogP contribution in [0.15, 0.2) is 53.4 Å². The minimum Gasteiger partial charge on any atom is -0.497 e. The number of aliphatic hydroxyl groups excluding tert-OH is 1. The van der Waals surface area contributed by atoms with Crippen LogP contribution in [-0.2, 0) is 20.7 Å². The second kappa shape index (κ2) is 10.0. The third kappa shape index (κ3) is 5.10. The molecule has 35 heavy (non-hydrogen) atoms. The van der Waals surface area contributed by atoms with Gasteiger partial charge in [-0.3, -0.25) is 9.59 Å². The first kappa shape index (κ1) is 23.9. The zero-order valence-electron chi connectivity index (χ0n) is 19.7. The van der Waals surface area contributed by atoms with E-state index in [1.165, 1.54) is 11.8 Å². The van der Waals surface area contributed by atoms with E-state index in [9.17, 15) is 14.7 Å². The fraction of sp³-hybridized carbons (Fsp3) is 0.407. The summed E-state index contributed by atoms with van der Waals surface area (Å²) < 4.78 is 17.4. The Bertz CT molecular complexity index is 1140. The van der Waals surface area contributed by atoms with Gasteiger partial charge >= 0.3 is 0 Å². The topological polar surface area (TPSA) is 85.3 Å². The van der Waals surface area contributed by atoms with Crippen molar-refractivity contribution in [3.8, 4) is 11.5 Å². The van der Waals surface area contributed by atoms with Gasteiger partial charge in [0.25, 0.3) is 0 Å². The quantitative estimate of drug-likeness (QED) is 0.612. The van der Waals surface area contributed by atoms with Gasteiger partial charge in [0.1, 0.15) is 40.5 Å². The number of rotatable bonds is 6. The minimum absolute atomic E-state index is 0.114. The number of fused-ring (bicyclic) bond motifs is 2. The Kier molecular flexibility index (Phi) is 6.86. The highest BCUT2D eigenvalue weighted by Crippen LogP contribution is 2.46. The van der Waals surface area contributed by atoms with Crippen LogP contribution < -0.4 is 9.47 Å². The highest BCUT2D eigenvalue weighted by atomic mass is 32.2. The summed E-state index contributed by atoms with van der Waals surface area (Å²) in [5.41, 5.74) is 1.30. The number of hydrogen-bond donors (Lipinski definition) is 1. The first-order chi connectivity index (χ1) is 17.0. The third-order valence-electron chi connectivity index (χ3n) is 6.81. The number of nitrogens with zero attached hydrogens (tertiary/aromatic N) is 1. The Balaban J connectivity index is 1.19. The van der Waals surface area contributed by atoms with E-state index >= 15 is 0 Å². The number of allylic oxidation sites excluding steroid dienone is 1. The fourth-order valence-corrected chi connectivity index (χ4v) is 6.07. The maximum atomic E-state index is 12.7. The van der Waals surface area contributed by atoms with E-state index in [1.54, 1.807) is 7.11 Å². The molecule has 1 unspecified atom stereocenters. The van der Waals surface area contributed by atoms with Gasteiger partial charge in [-0.05, 0) is 29.8 Å². The number of aliphatic hydroxyl groups is 1. The molecule has 0 saturated carbocycles. The van der Waals surface area contributed by atoms with E-state index in [2.05, 4.69) is 4.90 Å². The molecule has 1 aliphatic carbocycles. The van der Waals surface area contributed by atoms with Crippen molar-refractivity contribution in [2.24, 2.45) is 0 Å². The van der Waals surface area contributed by atoms with Crippen LogP contribution in [0.4, 0.5) is 0 Å². The predicted molar refractivity (Wildman–Crippen MR) is 134 cm³/mol. The van der Waals surface area contributed by atoms with Crippen molar-refractivity contribution in [1.29, 1.82) is 0 Å². The van der Waals surface area contributed by atoms with Gasteiger partial charge in [0.15, 0.2) is 0 Å². The summed E-state index contributed by atoms with van der Waals surface area (Å²) in [6.45, 7) is 2.28. The average molecular weight is 496 g/mol. The largest absolute Gasteiger partial charge is 0.497 e. The van der Waals surface area contributed by atoms with Gasteiger partial charge in [-0.2, -0.15) is 0 Å². The van der Waals surface area contributed by atoms with Crippen LogP contribution in [0.3, 0.4) is 0 Å². The standard InChI is InChI=1S/C27H29NO6S/c1-32-20-6-8-21(9-7-20)33-16-19(29)15-28-12-10-27(11-13-28)17-35-26-24(31)23(30)14-18-4-2-3-5-22(18)25(26)34-27/h2-9,19,29H,10-17H2,1H3. The Hall–Kier alpha value is -2.81. The van der Waals surface area contributed by atoms with E-state index in [1.807, 2.05) is 48.5 Å². The minimum atomic E-state index is -0.612. The van der Waals surface area contributed by atoms with Crippen molar-refractivity contribution >= 4 is 29.1 Å². The summed E-state index contributed by atoms with van der Waals surface area (Å²) >= 11 is 1.45. The van der Waals surface area contributed by atoms with Crippen LogP contribution in [0.25, 0.3) is 5.76 Å². The van der Waals surface area contributed by atoms with Crippen LogP contribution in [0.1, 0.15) is 24.0 Å². The van der Waals surface area contributed by atoms with Crippen LogP contribution in [-0.4, -0.2) is 72.4 Å². The number of hydrogen-bond acceptors (Lipinski definition) is 8. The van der Waals surface area contributed by atoms with Crippen molar-refractivity contribution in [2.45, 2.75) is 31.0 Å². The molecule has 0 aromatic heterocycles. The monoisotopic (exact) mass is 495 g/mol. The molecule has 2 aromatic carbocycles. The average Bonchev–Trinajstić information content (AvgIpc) is 2.98. The molecule has 8 heteroatoms. The zero-order chi connectivity index (χ0) is 24.4. The molecule has 5 rings (SSSR count). The summed E-state index contributed by atoms with van der Waals surface area (Å²) in [5, 5.41) is 10.5. The first-order valence-corrected chi connectivity index (χ1v) is 12.8. The normalized spacial score (nSPS) is 20.5. The molecule has 2 heterocycles. The van der Waals surface area contributed by atoms with Crippen molar-refractivity contribution in [3.05, 3.63) is 64.6 Å². The fourth-order valence-electron chi connectivity index (χ4n) is 4.79. The number of methoxy groups -OCH3 is 1. The molecular weight excluding hydrogens is 466 g/mol. The lowest BCUT2D eigenvalue weighted by Crippen LogP contribution is -2.50. The maximum Gasteiger partial charge on any atom is 0.239 e. The number of carbonyl (C=O) groups excluding carboxylic acids is 2. The Morgan fingerprint density at radius 2 is 1.80 bits per heavy atom. The van der Waals surface area contributed by atoms with E-state index in [0.29, 0.717) is 28.7 Å². The maximum absolute atomic E-state index is 12.7. The lowest BCUT2D eigenvalue weighted by atomic mass is 9.92. The molecule has 1 saturated heterocycles. The summed E-state index contributed by atoms with van der Waals surface area (Å²) in [5.74, 6) is 1.84. The molecule has 0 amide bonds. The highest BCUT2D eigenvalue weighted by Gasteiger charge is 2.44. The number of benzene rings is 2. The number of likely N-dealkylation sites (tertiary alicyclic amines) is 1. The number of thioether (sulfide) groups is 1. The number of piperidine rings is 1. The molecule has 184 valence electrons. The van der Waals surface area contributed by atoms with Crippen LogP contribution >= 0.6 is 11.8 Å². The highest BCUT2D eigenvalue weighted by molar-refractivity contribution is 8.04. The van der Waals surface area contributed by atoms with E-state index < -0.39 is 11.9 Å². The molecule has 0 radical (unpaired) electrons. The van der Waals surface area contributed by atoms with Gasteiger partial charge in [0.2, 0.25) is 11.6 Å². The lowest BCUT2D eigenvalue weighted by Gasteiger charge is -2.45. The summed E-state index contributed by atoms with van der Waals surface area (Å²) in [6.07, 6.45) is 1.07. The van der Waals surface area contributed by atoms with Crippen LogP contribution in [0.2, 0.25) is 0 Å². The molecule has 3 aliphatic rings. The summed E-state index contributed by atoms with van der Waals surface area (Å²) in [6, 6.07) is 14.9. The number of ether oxygens (including phenoxy) is 3. The Morgan fingerprint density at radius 1 is 1.09 bits per heavy atom. The second-order valence-electron chi connectivity index (χ2n) is 9.26. The van der Waals surface area contributed by atoms with Gasteiger partial charge in [-0.15, -0.1) is 11.8 Å². The molecule has 1 atom stereocenters. The van der Waals surface area contributed by atoms with Gasteiger partial charge < -0.3 is 24.2 Å². The van der Waals surface area contributed by atoms with E-state index in [4.69, 9.17) is 14.2 Å². The molecule has 2 aromatic rings. The number of β-amino-alcohol motifs (C(OH)–C–C–N with tert-alkyl or cyclic N) is 1. The molecule has 1 spiro atoms. The lowest BCUT2D eigenvalue weighted by molar-refractivity contribution is -0.133. The number of carbonyl (C=O) groups is 2. The first-order valence-electron chi connectivity index (χ1n) is 11.9. The third-order valence-corrected chi connectivity index (χ3v) is 8.14. The smallest absolute Gasteiger partial charge is 0.239 e. The summed E-state index contributed by atoms with van der Waals surface area (Å²) in [7, 11) is 1.62. The molecule has 2 aliphatic heterocycles. The van der Waals surface area contributed by atoms with Crippen LogP contribution in [0.5, 0.6) is 11.5 Å². The number of ketones is 2. The SMILES string of the molecule is COc1ccc(OCC(O)CN2CCC3(CC2)CSC2=C(O3)c3ccccc3CC(=O)C2=O)cc1. The molecule has 1 N–H and O–H groups in total. The molecule has 1 fully saturated rings. The molecule has 0 bridgehead atoms. The Labute approximate surface area is 209 Å². The molecule has 7 nitrogen and oxygen atoms in total. The van der Waals surface area contributed by atoms with Crippen molar-refractivity contribution in [3.63, 3.8) is 0 Å². The van der Waals surface area contributed by atoms with Gasteiger partial charge in [-0.25, -0.2) is 0 Å². The summed E-state index contributed by atoms with van der Waals surface area (Å²) in [4.78, 5) is 27.8. The van der Waals surface area contributed by atoms with E-state index in [-0.39, 0.29) is 24.4 Å². The van der Waals surface area contributed by atoms with Crippen LogP contribution in [0, 0.1) is 0 Å². The van der Waals surface area contributed by atoms with E-state index in [0.717, 1.165) is 42.8 Å². The zero-order valence-corrected chi connectivity index (χ0v) is 20.5. The second-order valence-corrected chi connectivity index (χ2v) is 10.2. The van der Waals surface area contributed by atoms with Crippen molar-refractivity contribution in [1.82, 2.24) is 4.90 Å². The van der Waals surface area contributed by atoms with Gasteiger partial charge in [-0.1, -0.05) is 24.3 Å². The van der Waals surface area contributed by atoms with Crippen molar-refractivity contribution in [2.75, 3.05) is 39.1 Å². The number of Topliss-reactive ketones (excluding diaryl/α,β-unsaturated/α-hetero) is 2. The van der Waals surface area contributed by atoms with Crippen molar-refractivity contribution < 1.29 is 28.9 Å². The van der Waals surface area contributed by atoms with Gasteiger partial charge in [0.05, 0.1) is 7.11 Å². The van der Waals surface area contributed by atoms with Gasteiger partial charge in [0, 0.05) is 50.2 Å². The Morgan fingerprint density at radius 3 is 2.54 bits per heavy atom.